The van der Waals surface area contributed by atoms with Gasteiger partial charge in [-0.2, -0.15) is 5.10 Å². The zero-order chi connectivity index (χ0) is 17.5. The van der Waals surface area contributed by atoms with E-state index in [1.165, 1.54) is 30.4 Å². The van der Waals surface area contributed by atoms with Gasteiger partial charge in [-0.3, -0.25) is 0 Å². The highest BCUT2D eigenvalue weighted by Crippen LogP contribution is 2.23. The highest BCUT2D eigenvalue weighted by atomic mass is 16.5. The van der Waals surface area contributed by atoms with Crippen LogP contribution in [0.3, 0.4) is 0 Å². The molecule has 0 amide bonds. The van der Waals surface area contributed by atoms with Gasteiger partial charge in [-0.05, 0) is 47.7 Å². The summed E-state index contributed by atoms with van der Waals surface area (Å²) in [4.78, 5) is 0. The molecular formula is C22H26N2O. The molecule has 1 heterocycles. The van der Waals surface area contributed by atoms with Crippen LogP contribution in [0.25, 0.3) is 6.08 Å². The van der Waals surface area contributed by atoms with Crippen molar-refractivity contribution >= 4 is 11.8 Å². The third-order valence-corrected chi connectivity index (χ3v) is 4.56. The molecule has 3 nitrogen and oxygen atoms in total. The van der Waals surface area contributed by atoms with Crippen molar-refractivity contribution < 1.29 is 4.74 Å². The van der Waals surface area contributed by atoms with Crippen molar-refractivity contribution in [1.82, 2.24) is 5.43 Å². The predicted molar refractivity (Wildman–Crippen MR) is 105 cm³/mol. The summed E-state index contributed by atoms with van der Waals surface area (Å²) in [5.41, 5.74) is 8.21. The summed E-state index contributed by atoms with van der Waals surface area (Å²) in [6.07, 6.45) is 8.76. The lowest BCUT2D eigenvalue weighted by molar-refractivity contribution is 0.415. The van der Waals surface area contributed by atoms with Gasteiger partial charge in [0.1, 0.15) is 5.75 Å². The molecule has 1 N–H and O–H groups in total. The van der Waals surface area contributed by atoms with Gasteiger partial charge in [0.2, 0.25) is 0 Å². The lowest BCUT2D eigenvalue weighted by atomic mass is 9.99. The number of ether oxygens (including phenoxy) is 1. The Hall–Kier alpha value is -2.55. The summed E-state index contributed by atoms with van der Waals surface area (Å²) >= 11 is 0. The number of hydrogen-bond donors (Lipinski definition) is 1. The zero-order valence-electron chi connectivity index (χ0n) is 15.0. The maximum atomic E-state index is 5.18. The minimum Gasteiger partial charge on any atom is -0.497 e. The van der Waals surface area contributed by atoms with Gasteiger partial charge in [0.05, 0.1) is 18.9 Å². The van der Waals surface area contributed by atoms with Crippen LogP contribution < -0.4 is 10.2 Å². The largest absolute Gasteiger partial charge is 0.497 e. The molecule has 0 saturated heterocycles. The van der Waals surface area contributed by atoms with E-state index in [1.54, 1.807) is 7.11 Å². The van der Waals surface area contributed by atoms with E-state index >= 15 is 0 Å². The quantitative estimate of drug-likeness (QED) is 0.760. The smallest absolute Gasteiger partial charge is 0.118 e. The number of benzene rings is 2. The summed E-state index contributed by atoms with van der Waals surface area (Å²) in [6, 6.07) is 17.3. The van der Waals surface area contributed by atoms with Crippen molar-refractivity contribution in [2.45, 2.75) is 38.6 Å². The number of methoxy groups -OCH3 is 1. The number of aryl methyl sites for hydroxylation is 1. The Balaban J connectivity index is 1.56. The first-order valence-corrected chi connectivity index (χ1v) is 9.01. The fraction of sp³-hybridized carbons (Fsp3) is 0.318. The molecule has 2 aromatic rings. The van der Waals surface area contributed by atoms with Crippen molar-refractivity contribution in [2.75, 3.05) is 7.11 Å². The molecule has 0 fully saturated rings. The second-order valence-corrected chi connectivity index (χ2v) is 6.44. The van der Waals surface area contributed by atoms with Crippen LogP contribution in [0.15, 0.2) is 59.7 Å². The van der Waals surface area contributed by atoms with Crippen molar-refractivity contribution in [3.63, 3.8) is 0 Å². The van der Waals surface area contributed by atoms with Crippen molar-refractivity contribution in [2.24, 2.45) is 5.10 Å². The van der Waals surface area contributed by atoms with E-state index < -0.39 is 0 Å². The van der Waals surface area contributed by atoms with E-state index in [1.807, 2.05) is 24.3 Å². The van der Waals surface area contributed by atoms with E-state index in [4.69, 9.17) is 4.74 Å². The monoisotopic (exact) mass is 334 g/mol. The van der Waals surface area contributed by atoms with Gasteiger partial charge < -0.3 is 10.2 Å². The van der Waals surface area contributed by atoms with E-state index in [-0.39, 0.29) is 6.04 Å². The van der Waals surface area contributed by atoms with Crippen molar-refractivity contribution in [3.8, 4) is 5.75 Å². The standard InChI is InChI=1S/C22H26N2O/c1-3-4-5-17-6-11-19(12-7-17)22-16-20(23-24-22)13-8-18-9-14-21(25-2)15-10-18/h6-15,22,24H,3-5,16H2,1-2H3. The molecule has 130 valence electrons. The van der Waals surface area contributed by atoms with Gasteiger partial charge in [0.25, 0.3) is 0 Å². The molecule has 0 spiro atoms. The van der Waals surface area contributed by atoms with E-state index in [2.05, 4.69) is 53.9 Å². The molecule has 3 rings (SSSR count). The molecule has 3 heteroatoms. The summed E-state index contributed by atoms with van der Waals surface area (Å²) in [5, 5.41) is 4.47. The van der Waals surface area contributed by atoms with E-state index in [0.717, 1.165) is 23.4 Å². The number of rotatable bonds is 7. The molecule has 0 saturated carbocycles. The average Bonchev–Trinajstić information content (AvgIpc) is 3.14. The first-order chi connectivity index (χ1) is 12.3. The molecule has 0 radical (unpaired) electrons. The van der Waals surface area contributed by atoms with Crippen LogP contribution in [0.1, 0.15) is 48.9 Å². The second-order valence-electron chi connectivity index (χ2n) is 6.44. The lowest BCUT2D eigenvalue weighted by Crippen LogP contribution is -2.09. The Morgan fingerprint density at radius 2 is 1.84 bits per heavy atom. The Morgan fingerprint density at radius 1 is 1.08 bits per heavy atom. The molecule has 1 aliphatic heterocycles. The van der Waals surface area contributed by atoms with Gasteiger partial charge in [0.15, 0.2) is 0 Å². The third-order valence-electron chi connectivity index (χ3n) is 4.56. The number of hydrazone groups is 1. The molecule has 2 aromatic carbocycles. The van der Waals surface area contributed by atoms with Gasteiger partial charge in [-0.25, -0.2) is 0 Å². The Kier molecular flexibility index (Phi) is 5.89. The molecule has 0 aliphatic carbocycles. The zero-order valence-corrected chi connectivity index (χ0v) is 15.0. The number of hydrogen-bond acceptors (Lipinski definition) is 3. The maximum absolute atomic E-state index is 5.18. The first kappa shape index (κ1) is 17.3. The van der Waals surface area contributed by atoms with Crippen LogP contribution in [-0.4, -0.2) is 12.8 Å². The topological polar surface area (TPSA) is 33.6 Å². The predicted octanol–water partition coefficient (Wildman–Crippen LogP) is 5.14. The molecule has 1 atom stereocenters. The van der Waals surface area contributed by atoms with Crippen molar-refractivity contribution in [1.29, 1.82) is 0 Å². The Labute approximate surface area is 150 Å². The molecule has 0 aromatic heterocycles. The van der Waals surface area contributed by atoms with Gasteiger partial charge in [-0.1, -0.05) is 55.8 Å². The maximum Gasteiger partial charge on any atom is 0.118 e. The minimum absolute atomic E-state index is 0.274. The third kappa shape index (κ3) is 4.72. The normalized spacial score (nSPS) is 16.7. The van der Waals surface area contributed by atoms with Crippen LogP contribution in [0.4, 0.5) is 0 Å². The van der Waals surface area contributed by atoms with Crippen LogP contribution in [0.5, 0.6) is 5.75 Å². The molecular weight excluding hydrogens is 308 g/mol. The van der Waals surface area contributed by atoms with E-state index in [9.17, 15) is 0 Å². The van der Waals surface area contributed by atoms with Gasteiger partial charge >= 0.3 is 0 Å². The number of allylic oxidation sites excluding steroid dienone is 1. The van der Waals surface area contributed by atoms with Crippen LogP contribution in [0, 0.1) is 0 Å². The van der Waals surface area contributed by atoms with Crippen LogP contribution in [0.2, 0.25) is 0 Å². The first-order valence-electron chi connectivity index (χ1n) is 9.01. The SMILES string of the molecule is CCCCc1ccc(C2CC(C=Cc3ccc(OC)cc3)=NN2)cc1. The van der Waals surface area contributed by atoms with E-state index in [0.29, 0.717) is 0 Å². The van der Waals surface area contributed by atoms with Crippen LogP contribution in [-0.2, 0) is 6.42 Å². The Morgan fingerprint density at radius 3 is 2.52 bits per heavy atom. The summed E-state index contributed by atoms with van der Waals surface area (Å²) in [6.45, 7) is 2.23. The highest BCUT2D eigenvalue weighted by Gasteiger charge is 2.18. The number of nitrogens with zero attached hydrogens (tertiary/aromatic N) is 1. The average molecular weight is 334 g/mol. The fourth-order valence-electron chi connectivity index (χ4n) is 2.96. The van der Waals surface area contributed by atoms with Gasteiger partial charge in [-0.15, -0.1) is 0 Å². The number of unbranched alkanes of at least 4 members (excludes halogenated alkanes) is 1. The molecule has 1 aliphatic rings. The molecule has 25 heavy (non-hydrogen) atoms. The summed E-state index contributed by atoms with van der Waals surface area (Å²) in [7, 11) is 1.68. The fourth-order valence-corrected chi connectivity index (χ4v) is 2.96. The Bertz CT molecular complexity index is 730. The molecule has 1 unspecified atom stereocenters. The minimum atomic E-state index is 0.274. The molecule has 0 bridgehead atoms. The van der Waals surface area contributed by atoms with Crippen LogP contribution >= 0.6 is 0 Å². The van der Waals surface area contributed by atoms with Gasteiger partial charge in [0, 0.05) is 6.42 Å². The summed E-state index contributed by atoms with van der Waals surface area (Å²) in [5.74, 6) is 0.875. The number of nitrogens with one attached hydrogen (secondary N) is 1. The summed E-state index contributed by atoms with van der Waals surface area (Å²) < 4.78 is 5.18. The van der Waals surface area contributed by atoms with Crippen molar-refractivity contribution in [3.05, 3.63) is 71.3 Å². The second kappa shape index (κ2) is 8.52. The lowest BCUT2D eigenvalue weighted by Gasteiger charge is -2.10. The highest BCUT2D eigenvalue weighted by molar-refractivity contribution is 5.99.